The largest absolute Gasteiger partial charge is 0.311 e. The van der Waals surface area contributed by atoms with E-state index in [2.05, 4.69) is 241 Å². The third-order valence-corrected chi connectivity index (χ3v) is 17.4. The fourth-order valence-electron chi connectivity index (χ4n) is 9.41. The number of anilines is 3. The Morgan fingerprint density at radius 3 is 1.44 bits per heavy atom. The smallest absolute Gasteiger partial charge is 0.0775 e. The van der Waals surface area contributed by atoms with Crippen LogP contribution >= 0.6 is 22.7 Å². The summed E-state index contributed by atoms with van der Waals surface area (Å²) in [5.74, 6) is 0. The first-order valence-electron chi connectivity index (χ1n) is 22.0. The second-order valence-corrected chi connectivity index (χ2v) is 25.0. The molecule has 0 aliphatic carbocycles. The molecule has 0 atom stereocenters. The molecule has 0 amide bonds. The Morgan fingerprint density at radius 2 is 0.812 bits per heavy atom. The van der Waals surface area contributed by atoms with Gasteiger partial charge in [-0.1, -0.05) is 158 Å². The summed E-state index contributed by atoms with van der Waals surface area (Å²) in [6.45, 7) is 7.21. The van der Waals surface area contributed by atoms with Gasteiger partial charge in [0.2, 0.25) is 0 Å². The van der Waals surface area contributed by atoms with E-state index in [1.807, 2.05) is 22.7 Å². The summed E-state index contributed by atoms with van der Waals surface area (Å²) in [4.78, 5) is 2.38. The number of hydrogen-bond donors (Lipinski definition) is 0. The van der Waals surface area contributed by atoms with Crippen molar-refractivity contribution in [1.29, 1.82) is 0 Å². The second-order valence-electron chi connectivity index (χ2n) is 17.8. The van der Waals surface area contributed by atoms with Crippen LogP contribution < -0.4 is 10.1 Å². The van der Waals surface area contributed by atoms with Crippen LogP contribution in [0, 0.1) is 0 Å². The SMILES string of the molecule is C[Si](C)(C)c1ccc(-c2ccc(N(c3ccc(-c4ccc5c(c4)sc4c6ccccc6sc54)cc3)c3ccc(-c4ccc5c(c4)c4ccccc4n5-c4ccccc4)cc3)cc2)cc1. The van der Waals surface area contributed by atoms with Gasteiger partial charge in [-0.05, 0) is 112 Å². The van der Waals surface area contributed by atoms with E-state index in [4.69, 9.17) is 0 Å². The van der Waals surface area contributed by atoms with Gasteiger partial charge in [-0.15, -0.1) is 22.7 Å². The normalized spacial score (nSPS) is 12.0. The maximum atomic E-state index is 2.40. The Hall–Kier alpha value is -7.02. The first-order chi connectivity index (χ1) is 31.3. The minimum atomic E-state index is -1.38. The van der Waals surface area contributed by atoms with Crippen LogP contribution in [0.15, 0.2) is 212 Å². The molecule has 0 unspecified atom stereocenters. The van der Waals surface area contributed by atoms with Gasteiger partial charge in [-0.2, -0.15) is 0 Å². The molecule has 12 rings (SSSR count). The maximum absolute atomic E-state index is 2.40. The molecule has 3 aromatic heterocycles. The predicted octanol–water partition coefficient (Wildman–Crippen LogP) is 17.4. The van der Waals surface area contributed by atoms with Crippen molar-refractivity contribution in [3.05, 3.63) is 212 Å². The zero-order chi connectivity index (χ0) is 42.9. The number of para-hydroxylation sites is 2. The molecule has 306 valence electrons. The highest BCUT2D eigenvalue weighted by atomic mass is 32.1. The number of fused-ring (bicyclic) bond motifs is 8. The Balaban J connectivity index is 0.905. The zero-order valence-corrected chi connectivity index (χ0v) is 38.6. The van der Waals surface area contributed by atoms with Crippen molar-refractivity contribution in [1.82, 2.24) is 4.57 Å². The third-order valence-electron chi connectivity index (χ3n) is 12.8. The van der Waals surface area contributed by atoms with E-state index in [0.717, 1.165) is 17.1 Å². The molecule has 0 saturated carbocycles. The fourth-order valence-corrected chi connectivity index (χ4v) is 13.3. The molecular weight excluding hydrogens is 829 g/mol. The van der Waals surface area contributed by atoms with Gasteiger partial charge in [0.1, 0.15) is 0 Å². The lowest BCUT2D eigenvalue weighted by Gasteiger charge is -2.26. The summed E-state index contributed by atoms with van der Waals surface area (Å²) in [6.07, 6.45) is 0. The lowest BCUT2D eigenvalue weighted by atomic mass is 10.0. The molecule has 3 heterocycles. The first kappa shape index (κ1) is 38.6. The van der Waals surface area contributed by atoms with Crippen LogP contribution in [0.3, 0.4) is 0 Å². The summed E-state index contributed by atoms with van der Waals surface area (Å²) >= 11 is 3.82. The third kappa shape index (κ3) is 6.67. The van der Waals surface area contributed by atoms with Gasteiger partial charge in [0.25, 0.3) is 0 Å². The first-order valence-corrected chi connectivity index (χ1v) is 27.1. The van der Waals surface area contributed by atoms with Gasteiger partial charge in [0.05, 0.1) is 28.5 Å². The van der Waals surface area contributed by atoms with Crippen LogP contribution in [0.25, 0.3) is 90.4 Å². The van der Waals surface area contributed by atoms with Crippen LogP contribution in [0.4, 0.5) is 17.1 Å². The van der Waals surface area contributed by atoms with Crippen LogP contribution in [0.1, 0.15) is 0 Å². The summed E-state index contributed by atoms with van der Waals surface area (Å²) in [5, 5.41) is 6.71. The fraction of sp³-hybridized carbons (Fsp3) is 0.0508. The van der Waals surface area contributed by atoms with E-state index in [0.29, 0.717) is 0 Å². The number of nitrogens with zero attached hydrogens (tertiary/aromatic N) is 2. The van der Waals surface area contributed by atoms with Crippen LogP contribution in [0.2, 0.25) is 19.6 Å². The van der Waals surface area contributed by atoms with Gasteiger partial charge >= 0.3 is 0 Å². The van der Waals surface area contributed by atoms with E-state index in [1.54, 1.807) is 0 Å². The Labute approximate surface area is 382 Å². The van der Waals surface area contributed by atoms with Crippen LogP contribution in [0.5, 0.6) is 0 Å². The number of rotatable bonds is 8. The van der Waals surface area contributed by atoms with Crippen molar-refractivity contribution >= 4 is 104 Å². The molecule has 64 heavy (non-hydrogen) atoms. The van der Waals surface area contributed by atoms with E-state index < -0.39 is 8.07 Å². The van der Waals surface area contributed by atoms with Gasteiger partial charge in [-0.25, -0.2) is 0 Å². The van der Waals surface area contributed by atoms with Crippen molar-refractivity contribution in [2.45, 2.75) is 19.6 Å². The Kier molecular flexibility index (Phi) is 9.27. The lowest BCUT2D eigenvalue weighted by molar-refractivity contribution is 1.18. The number of aromatic nitrogens is 1. The lowest BCUT2D eigenvalue weighted by Crippen LogP contribution is -2.37. The quantitative estimate of drug-likeness (QED) is 0.138. The van der Waals surface area contributed by atoms with Crippen LogP contribution in [-0.2, 0) is 0 Å². The standard InChI is InChI=1S/C59H44N2S2Si/c1-64(2,3)49-33-23-40(24-34-49)39-17-27-46(28-18-39)60(48-31-21-42(22-32-48)44-25-35-52-57(38-44)63-58-51-14-8-10-16-56(51)62-59(52)58)47-29-19-41(20-30-47)43-26-36-55-53(37-43)50-13-7-9-15-54(50)61(55)45-11-5-4-6-12-45/h4-38H,1-3H3. The number of benzene rings is 9. The second kappa shape index (κ2) is 15.4. The molecule has 0 aliphatic rings. The van der Waals surface area contributed by atoms with Gasteiger partial charge in [-0.3, -0.25) is 0 Å². The molecule has 5 heteroatoms. The van der Waals surface area contributed by atoms with Gasteiger partial charge in [0, 0.05) is 53.7 Å². The molecule has 0 spiro atoms. The molecule has 9 aromatic carbocycles. The van der Waals surface area contributed by atoms with E-state index >= 15 is 0 Å². The Bertz CT molecular complexity index is 3670. The average molecular weight is 873 g/mol. The molecule has 12 aromatic rings. The maximum Gasteiger partial charge on any atom is 0.0775 e. The minimum absolute atomic E-state index is 1.11. The average Bonchev–Trinajstić information content (AvgIpc) is 4.00. The van der Waals surface area contributed by atoms with Gasteiger partial charge < -0.3 is 9.47 Å². The summed E-state index contributed by atoms with van der Waals surface area (Å²) in [7, 11) is -1.38. The van der Waals surface area contributed by atoms with Crippen molar-refractivity contribution in [2.75, 3.05) is 4.90 Å². The summed E-state index contributed by atoms with van der Waals surface area (Å²) < 4.78 is 7.87. The minimum Gasteiger partial charge on any atom is -0.311 e. The number of hydrogen-bond acceptors (Lipinski definition) is 3. The van der Waals surface area contributed by atoms with Crippen molar-refractivity contribution in [3.8, 4) is 39.1 Å². The molecule has 0 N–H and O–H groups in total. The van der Waals surface area contributed by atoms with E-state index in [1.165, 1.54) is 95.6 Å². The predicted molar refractivity (Wildman–Crippen MR) is 283 cm³/mol. The highest BCUT2D eigenvalue weighted by Crippen LogP contribution is 2.45. The molecule has 2 nitrogen and oxygen atoms in total. The molecule has 0 saturated heterocycles. The van der Waals surface area contributed by atoms with Crippen molar-refractivity contribution in [2.24, 2.45) is 0 Å². The molecule has 0 radical (unpaired) electrons. The summed E-state index contributed by atoms with van der Waals surface area (Å²) in [5.41, 5.74) is 14.2. The van der Waals surface area contributed by atoms with Crippen LogP contribution in [-0.4, -0.2) is 12.6 Å². The molecule has 0 bridgehead atoms. The van der Waals surface area contributed by atoms with E-state index in [-0.39, 0.29) is 0 Å². The zero-order valence-electron chi connectivity index (χ0n) is 35.9. The van der Waals surface area contributed by atoms with Crippen molar-refractivity contribution in [3.63, 3.8) is 0 Å². The van der Waals surface area contributed by atoms with E-state index in [9.17, 15) is 0 Å². The molecular formula is C59H44N2S2Si. The highest BCUT2D eigenvalue weighted by Gasteiger charge is 2.19. The Morgan fingerprint density at radius 1 is 0.359 bits per heavy atom. The topological polar surface area (TPSA) is 8.17 Å². The summed E-state index contributed by atoms with van der Waals surface area (Å²) in [6, 6.07) is 78.5. The molecule has 0 aliphatic heterocycles. The van der Waals surface area contributed by atoms with Crippen molar-refractivity contribution < 1.29 is 0 Å². The monoisotopic (exact) mass is 872 g/mol. The van der Waals surface area contributed by atoms with Gasteiger partial charge in [0.15, 0.2) is 0 Å². The highest BCUT2D eigenvalue weighted by molar-refractivity contribution is 7.36. The number of thiophene rings is 2. The molecule has 0 fully saturated rings.